The van der Waals surface area contributed by atoms with Gasteiger partial charge in [0.25, 0.3) is 0 Å². The van der Waals surface area contributed by atoms with Crippen molar-refractivity contribution in [3.63, 3.8) is 0 Å². The summed E-state index contributed by atoms with van der Waals surface area (Å²) in [7, 11) is 0. The highest BCUT2D eigenvalue weighted by Gasteiger charge is 2.09. The predicted molar refractivity (Wildman–Crippen MR) is 65.5 cm³/mol. The Balaban J connectivity index is 2.74. The molecule has 1 atom stereocenters. The number of benzene rings is 1. The van der Waals surface area contributed by atoms with Gasteiger partial charge in [0.15, 0.2) is 0 Å². The molecule has 0 saturated carbocycles. The molecular formula is C13H21NO. The van der Waals surface area contributed by atoms with Crippen molar-refractivity contribution >= 4 is 5.69 Å². The zero-order valence-electron chi connectivity index (χ0n) is 10.1. The number of hydrogen-bond donors (Lipinski definition) is 1. The summed E-state index contributed by atoms with van der Waals surface area (Å²) >= 11 is 0. The van der Waals surface area contributed by atoms with Crippen molar-refractivity contribution < 1.29 is 4.74 Å². The fraction of sp³-hybridized carbons (Fsp3) is 0.538. The molecule has 0 amide bonds. The van der Waals surface area contributed by atoms with E-state index in [0.29, 0.717) is 18.6 Å². The van der Waals surface area contributed by atoms with Crippen LogP contribution in [0.25, 0.3) is 0 Å². The lowest BCUT2D eigenvalue weighted by molar-refractivity contribution is 0.341. The van der Waals surface area contributed by atoms with E-state index in [1.807, 2.05) is 25.1 Å². The molecule has 2 heteroatoms. The Kier molecular flexibility index (Phi) is 4.47. The van der Waals surface area contributed by atoms with E-state index < -0.39 is 0 Å². The molecule has 0 heterocycles. The summed E-state index contributed by atoms with van der Waals surface area (Å²) in [6, 6.07) is 8.53. The van der Waals surface area contributed by atoms with Crippen LogP contribution < -0.4 is 10.1 Å². The zero-order valence-corrected chi connectivity index (χ0v) is 10.1. The quantitative estimate of drug-likeness (QED) is 0.797. The van der Waals surface area contributed by atoms with E-state index in [2.05, 4.69) is 32.2 Å². The van der Waals surface area contributed by atoms with Crippen LogP contribution >= 0.6 is 0 Å². The molecule has 1 rings (SSSR count). The highest BCUT2D eigenvalue weighted by Crippen LogP contribution is 2.25. The minimum atomic E-state index is 0.451. The minimum absolute atomic E-state index is 0.451. The normalized spacial score (nSPS) is 12.6. The van der Waals surface area contributed by atoms with Crippen molar-refractivity contribution in [3.8, 4) is 5.75 Å². The molecule has 0 fully saturated rings. The van der Waals surface area contributed by atoms with E-state index in [1.165, 1.54) is 0 Å². The molecule has 1 aromatic rings. The summed E-state index contributed by atoms with van der Waals surface area (Å²) in [4.78, 5) is 0. The van der Waals surface area contributed by atoms with Gasteiger partial charge < -0.3 is 10.1 Å². The largest absolute Gasteiger partial charge is 0.492 e. The lowest BCUT2D eigenvalue weighted by Gasteiger charge is -2.20. The lowest BCUT2D eigenvalue weighted by atomic mass is 10.1. The maximum atomic E-state index is 5.56. The Morgan fingerprint density at radius 3 is 2.47 bits per heavy atom. The van der Waals surface area contributed by atoms with Crippen LogP contribution in [0.5, 0.6) is 5.75 Å². The molecule has 0 unspecified atom stereocenters. The molecule has 0 saturated heterocycles. The summed E-state index contributed by atoms with van der Waals surface area (Å²) in [5.74, 6) is 1.55. The van der Waals surface area contributed by atoms with Crippen LogP contribution in [0.15, 0.2) is 24.3 Å². The van der Waals surface area contributed by atoms with Crippen molar-refractivity contribution in [2.45, 2.75) is 33.7 Å². The average Bonchev–Trinajstić information content (AvgIpc) is 2.21. The predicted octanol–water partition coefficient (Wildman–Crippen LogP) is 3.54. The molecule has 1 aromatic carbocycles. The summed E-state index contributed by atoms with van der Waals surface area (Å²) in [5, 5.41) is 3.47. The summed E-state index contributed by atoms with van der Waals surface area (Å²) in [6.45, 7) is 9.31. The lowest BCUT2D eigenvalue weighted by Crippen LogP contribution is -2.21. The molecule has 0 bridgehead atoms. The molecule has 0 aliphatic carbocycles. The second-order valence-electron chi connectivity index (χ2n) is 4.11. The molecule has 84 valence electrons. The van der Waals surface area contributed by atoms with Crippen molar-refractivity contribution in [2.75, 3.05) is 11.9 Å². The number of para-hydroxylation sites is 2. The number of hydrogen-bond acceptors (Lipinski definition) is 2. The summed E-state index contributed by atoms with van der Waals surface area (Å²) < 4.78 is 5.56. The third kappa shape index (κ3) is 3.46. The number of anilines is 1. The maximum absolute atomic E-state index is 5.56. The van der Waals surface area contributed by atoms with Crippen LogP contribution in [0, 0.1) is 5.92 Å². The van der Waals surface area contributed by atoms with Gasteiger partial charge in [-0.1, -0.05) is 26.0 Å². The first kappa shape index (κ1) is 11.9. The molecule has 15 heavy (non-hydrogen) atoms. The Bertz CT molecular complexity index is 296. The molecule has 0 spiro atoms. The van der Waals surface area contributed by atoms with Crippen LogP contribution in [-0.4, -0.2) is 12.6 Å². The highest BCUT2D eigenvalue weighted by molar-refractivity contribution is 5.56. The van der Waals surface area contributed by atoms with Crippen molar-refractivity contribution in [2.24, 2.45) is 5.92 Å². The Morgan fingerprint density at radius 2 is 1.87 bits per heavy atom. The van der Waals surface area contributed by atoms with Crippen LogP contribution in [0.4, 0.5) is 5.69 Å². The van der Waals surface area contributed by atoms with E-state index in [-0.39, 0.29) is 0 Å². The monoisotopic (exact) mass is 207 g/mol. The van der Waals surface area contributed by atoms with Crippen molar-refractivity contribution in [1.29, 1.82) is 0 Å². The third-order valence-electron chi connectivity index (χ3n) is 2.57. The van der Waals surface area contributed by atoms with Gasteiger partial charge in [0.05, 0.1) is 12.3 Å². The minimum Gasteiger partial charge on any atom is -0.492 e. The van der Waals surface area contributed by atoms with Gasteiger partial charge >= 0.3 is 0 Å². The highest BCUT2D eigenvalue weighted by atomic mass is 16.5. The molecule has 0 aromatic heterocycles. The number of nitrogens with one attached hydrogen (secondary N) is 1. The standard InChI is InChI=1S/C13H21NO/c1-5-15-13-9-7-6-8-12(13)14-11(4)10(2)3/h6-11,14H,5H2,1-4H3/t11-/m0/s1. The third-order valence-corrected chi connectivity index (χ3v) is 2.57. The molecule has 1 N–H and O–H groups in total. The van der Waals surface area contributed by atoms with Gasteiger partial charge in [-0.3, -0.25) is 0 Å². The second kappa shape index (κ2) is 5.64. The van der Waals surface area contributed by atoms with Gasteiger partial charge in [-0.05, 0) is 31.9 Å². The topological polar surface area (TPSA) is 21.3 Å². The zero-order chi connectivity index (χ0) is 11.3. The fourth-order valence-electron chi connectivity index (χ4n) is 1.28. The molecule has 2 nitrogen and oxygen atoms in total. The van der Waals surface area contributed by atoms with Gasteiger partial charge in [0.1, 0.15) is 5.75 Å². The van der Waals surface area contributed by atoms with Crippen molar-refractivity contribution in [3.05, 3.63) is 24.3 Å². The molecule has 0 aliphatic heterocycles. The smallest absolute Gasteiger partial charge is 0.142 e. The maximum Gasteiger partial charge on any atom is 0.142 e. The Hall–Kier alpha value is -1.18. The van der Waals surface area contributed by atoms with Crippen LogP contribution in [0.1, 0.15) is 27.7 Å². The van der Waals surface area contributed by atoms with E-state index >= 15 is 0 Å². The van der Waals surface area contributed by atoms with Gasteiger partial charge in [0, 0.05) is 6.04 Å². The van der Waals surface area contributed by atoms with E-state index in [0.717, 1.165) is 11.4 Å². The molecule has 0 radical (unpaired) electrons. The van der Waals surface area contributed by atoms with E-state index in [9.17, 15) is 0 Å². The first-order chi connectivity index (χ1) is 7.15. The van der Waals surface area contributed by atoms with E-state index in [1.54, 1.807) is 0 Å². The first-order valence-electron chi connectivity index (χ1n) is 5.63. The fourth-order valence-corrected chi connectivity index (χ4v) is 1.28. The van der Waals surface area contributed by atoms with Crippen LogP contribution in [-0.2, 0) is 0 Å². The summed E-state index contributed by atoms with van der Waals surface area (Å²) in [6.07, 6.45) is 0. The number of ether oxygens (including phenoxy) is 1. The SMILES string of the molecule is CCOc1ccccc1N[C@@H](C)C(C)C. The Morgan fingerprint density at radius 1 is 1.20 bits per heavy atom. The van der Waals surface area contributed by atoms with E-state index in [4.69, 9.17) is 4.74 Å². The van der Waals surface area contributed by atoms with Crippen molar-refractivity contribution in [1.82, 2.24) is 0 Å². The van der Waals surface area contributed by atoms with Crippen LogP contribution in [0.2, 0.25) is 0 Å². The second-order valence-corrected chi connectivity index (χ2v) is 4.11. The molecular weight excluding hydrogens is 186 g/mol. The van der Waals surface area contributed by atoms with Gasteiger partial charge in [0.2, 0.25) is 0 Å². The number of rotatable bonds is 5. The van der Waals surface area contributed by atoms with Gasteiger partial charge in [-0.2, -0.15) is 0 Å². The van der Waals surface area contributed by atoms with Gasteiger partial charge in [-0.25, -0.2) is 0 Å². The summed E-state index contributed by atoms with van der Waals surface area (Å²) in [5.41, 5.74) is 1.08. The van der Waals surface area contributed by atoms with Gasteiger partial charge in [-0.15, -0.1) is 0 Å². The average molecular weight is 207 g/mol. The first-order valence-corrected chi connectivity index (χ1v) is 5.63. The molecule has 0 aliphatic rings. The van der Waals surface area contributed by atoms with Crippen LogP contribution in [0.3, 0.4) is 0 Å². The Labute approximate surface area is 92.6 Å².